The summed E-state index contributed by atoms with van der Waals surface area (Å²) in [5, 5.41) is 5.98. The van der Waals surface area contributed by atoms with Crippen molar-refractivity contribution >= 4 is 11.6 Å². The number of oxazole rings is 1. The largest absolute Gasteiger partial charge is 0.496 e. The summed E-state index contributed by atoms with van der Waals surface area (Å²) >= 11 is 0. The number of carbonyl (C=O) groups is 1. The van der Waals surface area contributed by atoms with E-state index >= 15 is 0 Å². The number of ether oxygens (including phenoxy) is 1. The Morgan fingerprint density at radius 2 is 2.24 bits per heavy atom. The van der Waals surface area contributed by atoms with Gasteiger partial charge in [0.15, 0.2) is 12.2 Å². The highest BCUT2D eigenvalue weighted by atomic mass is 16.5. The van der Waals surface area contributed by atoms with Crippen LogP contribution in [0.25, 0.3) is 11.3 Å². The van der Waals surface area contributed by atoms with E-state index in [-0.39, 0.29) is 5.91 Å². The summed E-state index contributed by atoms with van der Waals surface area (Å²) in [5.74, 6) is 1.23. The molecule has 2 N–H and O–H groups in total. The van der Waals surface area contributed by atoms with Crippen molar-refractivity contribution < 1.29 is 13.9 Å². The summed E-state index contributed by atoms with van der Waals surface area (Å²) in [7, 11) is 3.39. The number of anilines is 1. The molecule has 21 heavy (non-hydrogen) atoms. The first-order chi connectivity index (χ1) is 10.2. The van der Waals surface area contributed by atoms with E-state index in [9.17, 15) is 4.79 Å². The first-order valence-corrected chi connectivity index (χ1v) is 6.76. The van der Waals surface area contributed by atoms with Crippen LogP contribution in [0.4, 0.5) is 5.69 Å². The molecular weight excluding hydrogens is 270 g/mol. The van der Waals surface area contributed by atoms with Gasteiger partial charge in [-0.25, -0.2) is 4.98 Å². The lowest BCUT2D eigenvalue weighted by molar-refractivity contribution is -0.118. The highest BCUT2D eigenvalue weighted by Gasteiger charge is 2.48. The molecule has 110 valence electrons. The number of methoxy groups -OCH3 is 1. The van der Waals surface area contributed by atoms with Crippen LogP contribution < -0.4 is 15.4 Å². The van der Waals surface area contributed by atoms with Crippen LogP contribution >= 0.6 is 0 Å². The number of nitrogens with zero attached hydrogens (tertiary/aromatic N) is 1. The molecule has 2 aromatic rings. The lowest BCUT2D eigenvalue weighted by atomic mass is 10.1. The number of nitrogens with one attached hydrogen (secondary N) is 2. The van der Waals surface area contributed by atoms with Crippen LogP contribution in [0.15, 0.2) is 35.2 Å². The number of benzene rings is 1. The minimum absolute atomic E-state index is 0.0144. The van der Waals surface area contributed by atoms with Crippen molar-refractivity contribution in [2.75, 3.05) is 19.5 Å². The van der Waals surface area contributed by atoms with Crippen LogP contribution in [0.2, 0.25) is 0 Å². The molecule has 1 saturated carbocycles. The molecular formula is C15H17N3O3. The summed E-state index contributed by atoms with van der Waals surface area (Å²) in [6.45, 7) is 0. The molecule has 1 aromatic heterocycles. The number of likely N-dealkylation sites (N-methyl/N-ethyl adjacent to an activating group) is 1. The van der Waals surface area contributed by atoms with Crippen molar-refractivity contribution in [1.29, 1.82) is 0 Å². The fraction of sp³-hybridized carbons (Fsp3) is 0.333. The minimum Gasteiger partial charge on any atom is -0.496 e. The second-order valence-electron chi connectivity index (χ2n) is 5.07. The quantitative estimate of drug-likeness (QED) is 0.880. The van der Waals surface area contributed by atoms with Gasteiger partial charge in [0, 0.05) is 11.8 Å². The zero-order chi connectivity index (χ0) is 14.9. The predicted molar refractivity (Wildman–Crippen MR) is 78.1 cm³/mol. The van der Waals surface area contributed by atoms with Gasteiger partial charge in [0.1, 0.15) is 5.75 Å². The molecule has 1 aliphatic carbocycles. The van der Waals surface area contributed by atoms with Gasteiger partial charge < -0.3 is 19.8 Å². The molecule has 6 heteroatoms. The van der Waals surface area contributed by atoms with Crippen LogP contribution in [0, 0.1) is 0 Å². The van der Waals surface area contributed by atoms with E-state index in [0.29, 0.717) is 17.2 Å². The van der Waals surface area contributed by atoms with Gasteiger partial charge in [-0.2, -0.15) is 0 Å². The Hall–Kier alpha value is -2.34. The van der Waals surface area contributed by atoms with Gasteiger partial charge in [0.2, 0.25) is 5.91 Å². The molecule has 1 aliphatic rings. The van der Waals surface area contributed by atoms with E-state index in [1.165, 1.54) is 6.39 Å². The topological polar surface area (TPSA) is 76.4 Å². The van der Waals surface area contributed by atoms with Gasteiger partial charge in [0.05, 0.1) is 24.4 Å². The van der Waals surface area contributed by atoms with Crippen molar-refractivity contribution in [3.8, 4) is 17.1 Å². The lowest BCUT2D eigenvalue weighted by Gasteiger charge is -2.15. The summed E-state index contributed by atoms with van der Waals surface area (Å²) in [6.07, 6.45) is 4.72. The molecule has 0 atom stereocenters. The third kappa shape index (κ3) is 2.50. The van der Waals surface area contributed by atoms with E-state index in [1.54, 1.807) is 26.4 Å². The molecule has 0 bridgehead atoms. The summed E-state index contributed by atoms with van der Waals surface area (Å²) < 4.78 is 10.6. The number of aromatic nitrogens is 1. The number of hydrogen-bond acceptors (Lipinski definition) is 5. The van der Waals surface area contributed by atoms with Crippen molar-refractivity contribution in [2.24, 2.45) is 0 Å². The lowest BCUT2D eigenvalue weighted by Crippen LogP contribution is -2.40. The molecule has 0 aliphatic heterocycles. The van der Waals surface area contributed by atoms with Crippen LogP contribution in [0.1, 0.15) is 12.8 Å². The molecule has 3 rings (SSSR count). The predicted octanol–water partition coefficient (Wildman–Crippen LogP) is 2.04. The Balaban J connectivity index is 1.83. The highest BCUT2D eigenvalue weighted by molar-refractivity contribution is 6.00. The van der Waals surface area contributed by atoms with E-state index in [2.05, 4.69) is 15.6 Å². The Labute approximate surface area is 122 Å². The van der Waals surface area contributed by atoms with Gasteiger partial charge in [-0.15, -0.1) is 0 Å². The number of carbonyl (C=O) groups excluding carboxylic acids is 1. The third-order valence-electron chi connectivity index (χ3n) is 3.82. The normalized spacial score (nSPS) is 15.5. The van der Waals surface area contributed by atoms with E-state index < -0.39 is 5.54 Å². The number of hydrogen-bond donors (Lipinski definition) is 2. The van der Waals surface area contributed by atoms with E-state index in [1.807, 2.05) is 12.1 Å². The van der Waals surface area contributed by atoms with E-state index in [4.69, 9.17) is 9.15 Å². The molecule has 0 saturated heterocycles. The molecule has 1 aromatic carbocycles. The molecule has 6 nitrogen and oxygen atoms in total. The SMILES string of the molecule is CNC1(C(=O)Nc2ccc(-c3cnco3)c(OC)c2)CC1. The van der Waals surface area contributed by atoms with Gasteiger partial charge in [-0.3, -0.25) is 4.79 Å². The van der Waals surface area contributed by atoms with Crippen LogP contribution in [0.5, 0.6) is 5.75 Å². The van der Waals surface area contributed by atoms with Gasteiger partial charge >= 0.3 is 0 Å². The molecule has 1 amide bonds. The zero-order valence-corrected chi connectivity index (χ0v) is 12.0. The second-order valence-corrected chi connectivity index (χ2v) is 5.07. The first kappa shape index (κ1) is 13.6. The maximum absolute atomic E-state index is 12.2. The van der Waals surface area contributed by atoms with Crippen molar-refractivity contribution in [3.05, 3.63) is 30.8 Å². The Kier molecular flexibility index (Phi) is 3.39. The average Bonchev–Trinajstić information content (AvgIpc) is 3.14. The Morgan fingerprint density at radius 1 is 1.43 bits per heavy atom. The third-order valence-corrected chi connectivity index (χ3v) is 3.82. The second kappa shape index (κ2) is 5.21. The van der Waals surface area contributed by atoms with Crippen LogP contribution in [-0.2, 0) is 4.79 Å². The maximum atomic E-state index is 12.2. The van der Waals surface area contributed by atoms with Gasteiger partial charge in [0.25, 0.3) is 0 Å². The fourth-order valence-corrected chi connectivity index (χ4v) is 2.29. The molecule has 1 heterocycles. The van der Waals surface area contributed by atoms with Crippen LogP contribution in [0.3, 0.4) is 0 Å². The fourth-order valence-electron chi connectivity index (χ4n) is 2.29. The highest BCUT2D eigenvalue weighted by Crippen LogP contribution is 2.37. The summed E-state index contributed by atoms with van der Waals surface area (Å²) in [6, 6.07) is 5.44. The monoisotopic (exact) mass is 287 g/mol. The number of rotatable bonds is 5. The summed E-state index contributed by atoms with van der Waals surface area (Å²) in [5.41, 5.74) is 1.08. The van der Waals surface area contributed by atoms with Crippen molar-refractivity contribution in [2.45, 2.75) is 18.4 Å². The maximum Gasteiger partial charge on any atom is 0.244 e. The average molecular weight is 287 g/mol. The Bertz CT molecular complexity index is 648. The summed E-state index contributed by atoms with van der Waals surface area (Å²) in [4.78, 5) is 16.1. The molecule has 0 spiro atoms. The Morgan fingerprint density at radius 3 is 2.81 bits per heavy atom. The molecule has 0 radical (unpaired) electrons. The van der Waals surface area contributed by atoms with Crippen molar-refractivity contribution in [3.63, 3.8) is 0 Å². The minimum atomic E-state index is -0.406. The van der Waals surface area contributed by atoms with Gasteiger partial charge in [-0.1, -0.05) is 0 Å². The first-order valence-electron chi connectivity index (χ1n) is 6.76. The smallest absolute Gasteiger partial charge is 0.244 e. The van der Waals surface area contributed by atoms with Crippen molar-refractivity contribution in [1.82, 2.24) is 10.3 Å². The zero-order valence-electron chi connectivity index (χ0n) is 12.0. The molecule has 0 unspecified atom stereocenters. The van der Waals surface area contributed by atoms with Gasteiger partial charge in [-0.05, 0) is 32.0 Å². The standard InChI is InChI=1S/C15H17N3O3/c1-16-15(5-6-15)14(19)18-10-3-4-11(12(7-10)20-2)13-8-17-9-21-13/h3-4,7-9,16H,5-6H2,1-2H3,(H,18,19). The van der Waals surface area contributed by atoms with Crippen LogP contribution in [-0.4, -0.2) is 30.6 Å². The number of amides is 1. The van der Waals surface area contributed by atoms with E-state index in [0.717, 1.165) is 18.4 Å². The molecule has 1 fully saturated rings.